The Morgan fingerprint density at radius 2 is 2.03 bits per heavy atom. The van der Waals surface area contributed by atoms with Crippen LogP contribution in [-0.2, 0) is 14.9 Å². The summed E-state index contributed by atoms with van der Waals surface area (Å²) < 4.78 is 37.4. The summed E-state index contributed by atoms with van der Waals surface area (Å²) in [6.07, 6.45) is 3.75. The van der Waals surface area contributed by atoms with Gasteiger partial charge in [0.05, 0.1) is 19.0 Å². The Hall–Kier alpha value is -3.28. The van der Waals surface area contributed by atoms with E-state index < -0.39 is 23.0 Å². The highest BCUT2D eigenvalue weighted by molar-refractivity contribution is 5.86. The molecule has 2 aromatic rings. The average molecular weight is 414 g/mol. The topological polar surface area (TPSA) is 88.3 Å². The van der Waals surface area contributed by atoms with Crippen LogP contribution in [0.2, 0.25) is 0 Å². The molecule has 156 valence electrons. The third-order valence-corrected chi connectivity index (χ3v) is 5.60. The molecule has 0 N–H and O–H groups in total. The van der Waals surface area contributed by atoms with Crippen molar-refractivity contribution in [2.75, 3.05) is 25.1 Å². The molecule has 0 amide bonds. The van der Waals surface area contributed by atoms with Gasteiger partial charge in [0.2, 0.25) is 0 Å². The lowest BCUT2D eigenvalue weighted by Gasteiger charge is -2.33. The summed E-state index contributed by atoms with van der Waals surface area (Å²) in [5, 5.41) is 9.53. The zero-order chi connectivity index (χ0) is 21.3. The van der Waals surface area contributed by atoms with Gasteiger partial charge < -0.3 is 14.4 Å². The third kappa shape index (κ3) is 3.65. The van der Waals surface area contributed by atoms with Crippen molar-refractivity contribution < 1.29 is 23.0 Å². The molecule has 2 heterocycles. The zero-order valence-corrected chi connectivity index (χ0v) is 16.4. The fourth-order valence-electron chi connectivity index (χ4n) is 3.77. The van der Waals surface area contributed by atoms with Crippen molar-refractivity contribution in [3.8, 4) is 11.8 Å². The second-order valence-corrected chi connectivity index (χ2v) is 7.49. The van der Waals surface area contributed by atoms with Gasteiger partial charge in [-0.15, -0.1) is 0 Å². The molecule has 0 radical (unpaired) electrons. The highest BCUT2D eigenvalue weighted by Gasteiger charge is 2.55. The molecular weight excluding hydrogens is 394 g/mol. The lowest BCUT2D eigenvalue weighted by molar-refractivity contribution is -0.143. The molecule has 1 saturated heterocycles. The molecular formula is C21H20F2N4O3. The number of hydrogen-bond donors (Lipinski definition) is 0. The van der Waals surface area contributed by atoms with E-state index in [1.54, 1.807) is 6.20 Å². The number of halogens is 2. The minimum Gasteiger partial charge on any atom is -0.487 e. The number of aromatic nitrogens is 2. The summed E-state index contributed by atoms with van der Waals surface area (Å²) in [6, 6.07) is 5.29. The fourth-order valence-corrected chi connectivity index (χ4v) is 3.77. The molecule has 2 fully saturated rings. The summed E-state index contributed by atoms with van der Waals surface area (Å²) in [4.78, 5) is 22.9. The van der Waals surface area contributed by atoms with Crippen molar-refractivity contribution >= 4 is 11.8 Å². The standard InChI is InChI=1S/C21H20F2N4O3/c1-29-20(28)21(6-7-21)19-16(11-24)26-18(12-25-19)27-8-4-14(5-9-27)30-17-3-2-13(22)10-15(17)23/h2-3,10,12,14H,4-9H2,1H3. The van der Waals surface area contributed by atoms with Gasteiger partial charge >= 0.3 is 5.97 Å². The number of nitriles is 1. The Balaban J connectivity index is 1.44. The molecule has 1 saturated carbocycles. The minimum absolute atomic E-state index is 0.0308. The number of nitrogens with zero attached hydrogens (tertiary/aromatic N) is 4. The van der Waals surface area contributed by atoms with Gasteiger partial charge in [0, 0.05) is 32.0 Å². The molecule has 0 spiro atoms. The monoisotopic (exact) mass is 414 g/mol. The third-order valence-electron chi connectivity index (χ3n) is 5.60. The van der Waals surface area contributed by atoms with Crippen LogP contribution < -0.4 is 9.64 Å². The van der Waals surface area contributed by atoms with Crippen molar-refractivity contribution in [2.45, 2.75) is 37.2 Å². The van der Waals surface area contributed by atoms with Gasteiger partial charge in [-0.05, 0) is 25.0 Å². The number of rotatable bonds is 5. The number of carbonyl (C=O) groups excluding carboxylic acids is 1. The van der Waals surface area contributed by atoms with E-state index in [-0.39, 0.29) is 17.5 Å². The summed E-state index contributed by atoms with van der Waals surface area (Å²) in [5.41, 5.74) is -0.362. The fraction of sp³-hybridized carbons (Fsp3) is 0.429. The van der Waals surface area contributed by atoms with E-state index in [4.69, 9.17) is 9.47 Å². The summed E-state index contributed by atoms with van der Waals surface area (Å²) in [7, 11) is 1.32. The largest absolute Gasteiger partial charge is 0.487 e. The molecule has 30 heavy (non-hydrogen) atoms. The van der Waals surface area contributed by atoms with E-state index >= 15 is 0 Å². The highest BCUT2D eigenvalue weighted by Crippen LogP contribution is 2.49. The first-order valence-corrected chi connectivity index (χ1v) is 9.69. The number of anilines is 1. The summed E-state index contributed by atoms with van der Waals surface area (Å²) in [6.45, 7) is 1.16. The molecule has 9 heteroatoms. The van der Waals surface area contributed by atoms with Crippen LogP contribution in [0.5, 0.6) is 5.75 Å². The second kappa shape index (κ2) is 7.86. The van der Waals surface area contributed by atoms with Gasteiger partial charge in [0.1, 0.15) is 29.2 Å². The molecule has 1 aromatic heterocycles. The van der Waals surface area contributed by atoms with Gasteiger partial charge in [-0.3, -0.25) is 9.78 Å². The summed E-state index contributed by atoms with van der Waals surface area (Å²) >= 11 is 0. The van der Waals surface area contributed by atoms with E-state index in [2.05, 4.69) is 9.97 Å². The van der Waals surface area contributed by atoms with E-state index in [1.807, 2.05) is 11.0 Å². The van der Waals surface area contributed by atoms with Crippen LogP contribution in [0, 0.1) is 23.0 Å². The van der Waals surface area contributed by atoms with Crippen LogP contribution in [0.15, 0.2) is 24.4 Å². The molecule has 7 nitrogen and oxygen atoms in total. The van der Waals surface area contributed by atoms with Crippen molar-refractivity contribution in [1.29, 1.82) is 5.26 Å². The lowest BCUT2D eigenvalue weighted by atomic mass is 10.0. The van der Waals surface area contributed by atoms with Crippen LogP contribution in [0.25, 0.3) is 0 Å². The van der Waals surface area contributed by atoms with Gasteiger partial charge in [-0.2, -0.15) is 5.26 Å². The molecule has 0 unspecified atom stereocenters. The number of piperidine rings is 1. The number of ether oxygens (including phenoxy) is 2. The lowest BCUT2D eigenvalue weighted by Crippen LogP contribution is -2.39. The van der Waals surface area contributed by atoms with Crippen LogP contribution in [0.1, 0.15) is 37.1 Å². The molecule has 1 aliphatic heterocycles. The number of esters is 1. The van der Waals surface area contributed by atoms with Crippen molar-refractivity contribution in [3.63, 3.8) is 0 Å². The van der Waals surface area contributed by atoms with E-state index in [0.717, 1.165) is 12.1 Å². The maximum absolute atomic E-state index is 13.8. The van der Waals surface area contributed by atoms with Crippen LogP contribution in [-0.4, -0.2) is 42.2 Å². The van der Waals surface area contributed by atoms with Gasteiger partial charge in [0.25, 0.3) is 0 Å². The second-order valence-electron chi connectivity index (χ2n) is 7.49. The van der Waals surface area contributed by atoms with E-state index in [1.165, 1.54) is 13.2 Å². The smallest absolute Gasteiger partial charge is 0.318 e. The van der Waals surface area contributed by atoms with Crippen LogP contribution >= 0.6 is 0 Å². The van der Waals surface area contributed by atoms with Crippen LogP contribution in [0.3, 0.4) is 0 Å². The minimum atomic E-state index is -0.856. The first kappa shape index (κ1) is 20.0. The van der Waals surface area contributed by atoms with Crippen molar-refractivity contribution in [1.82, 2.24) is 9.97 Å². The number of hydrogen-bond acceptors (Lipinski definition) is 7. The highest BCUT2D eigenvalue weighted by atomic mass is 19.1. The first-order valence-electron chi connectivity index (χ1n) is 9.69. The SMILES string of the molecule is COC(=O)C1(c2ncc(N3CCC(Oc4ccc(F)cc4F)CC3)nc2C#N)CC1. The number of carbonyl (C=O) groups is 1. The maximum atomic E-state index is 13.8. The molecule has 4 rings (SSSR count). The Morgan fingerprint density at radius 3 is 2.63 bits per heavy atom. The zero-order valence-electron chi connectivity index (χ0n) is 16.4. The maximum Gasteiger partial charge on any atom is 0.318 e. The summed E-state index contributed by atoms with van der Waals surface area (Å²) in [5.74, 6) is -1.19. The number of benzene rings is 1. The van der Waals surface area contributed by atoms with Gasteiger partial charge in [-0.25, -0.2) is 13.8 Å². The Morgan fingerprint density at radius 1 is 1.30 bits per heavy atom. The van der Waals surface area contributed by atoms with E-state index in [9.17, 15) is 18.8 Å². The quantitative estimate of drug-likeness (QED) is 0.695. The van der Waals surface area contributed by atoms with Crippen molar-refractivity contribution in [3.05, 3.63) is 47.4 Å². The predicted molar refractivity (Wildman–Crippen MR) is 102 cm³/mol. The van der Waals surface area contributed by atoms with Crippen LogP contribution in [0.4, 0.5) is 14.6 Å². The van der Waals surface area contributed by atoms with Crippen molar-refractivity contribution in [2.24, 2.45) is 0 Å². The first-order chi connectivity index (χ1) is 14.5. The Labute approximate surface area is 172 Å². The normalized spacial score (nSPS) is 17.9. The van der Waals surface area contributed by atoms with Gasteiger partial charge in [-0.1, -0.05) is 0 Å². The van der Waals surface area contributed by atoms with E-state index in [0.29, 0.717) is 50.3 Å². The molecule has 1 aromatic carbocycles. The predicted octanol–water partition coefficient (Wildman–Crippen LogP) is 2.88. The van der Waals surface area contributed by atoms with Gasteiger partial charge in [0.15, 0.2) is 17.3 Å². The molecule has 0 atom stereocenters. The number of methoxy groups -OCH3 is 1. The molecule has 0 bridgehead atoms. The Kier molecular flexibility index (Phi) is 5.24. The Bertz CT molecular complexity index is 1010. The molecule has 2 aliphatic rings. The molecule has 1 aliphatic carbocycles. The average Bonchev–Trinajstić information content (AvgIpc) is 3.57.